The number of likely N-dealkylation sites (tertiary alicyclic amines) is 2. The van der Waals surface area contributed by atoms with Crippen LogP contribution in [0.1, 0.15) is 44.1 Å². The van der Waals surface area contributed by atoms with Gasteiger partial charge in [-0.15, -0.1) is 0 Å². The lowest BCUT2D eigenvalue weighted by Crippen LogP contribution is -2.38. The van der Waals surface area contributed by atoms with Gasteiger partial charge in [0.25, 0.3) is 0 Å². The first-order valence-electron chi connectivity index (χ1n) is 10.1. The number of amides is 2. The molecule has 0 spiro atoms. The van der Waals surface area contributed by atoms with Crippen LogP contribution in [0.15, 0.2) is 24.3 Å². The zero-order valence-electron chi connectivity index (χ0n) is 16.0. The van der Waals surface area contributed by atoms with E-state index < -0.39 is 0 Å². The second-order valence-corrected chi connectivity index (χ2v) is 7.69. The molecule has 2 aliphatic heterocycles. The summed E-state index contributed by atoms with van der Waals surface area (Å²) in [6.07, 6.45) is 6.33. The van der Waals surface area contributed by atoms with E-state index in [-0.39, 0.29) is 23.7 Å². The summed E-state index contributed by atoms with van der Waals surface area (Å²) < 4.78 is 12.9. The normalized spacial score (nSPS) is 20.9. The number of hydrogen-bond acceptors (Lipinski definition) is 3. The van der Waals surface area contributed by atoms with Crippen molar-refractivity contribution in [1.82, 2.24) is 15.1 Å². The van der Waals surface area contributed by atoms with Crippen LogP contribution in [0.25, 0.3) is 0 Å². The molecule has 0 saturated carbocycles. The van der Waals surface area contributed by atoms with Gasteiger partial charge in [0, 0.05) is 25.9 Å². The molecule has 27 heavy (non-hydrogen) atoms. The van der Waals surface area contributed by atoms with Crippen LogP contribution in [0.4, 0.5) is 4.39 Å². The molecule has 2 heterocycles. The molecule has 2 amide bonds. The van der Waals surface area contributed by atoms with Crippen LogP contribution in [0.5, 0.6) is 0 Å². The van der Waals surface area contributed by atoms with Gasteiger partial charge in [-0.2, -0.15) is 0 Å². The van der Waals surface area contributed by atoms with E-state index in [0.29, 0.717) is 32.4 Å². The second kappa shape index (κ2) is 9.83. The van der Waals surface area contributed by atoms with Crippen molar-refractivity contribution in [3.05, 3.63) is 35.6 Å². The number of benzene rings is 1. The fourth-order valence-electron chi connectivity index (χ4n) is 3.95. The third-order valence-electron chi connectivity index (χ3n) is 5.49. The Labute approximate surface area is 160 Å². The number of piperidine rings is 1. The first kappa shape index (κ1) is 19.8. The molecule has 0 aromatic heterocycles. The molecular weight excluding hydrogens is 345 g/mol. The number of halogens is 1. The predicted molar refractivity (Wildman–Crippen MR) is 103 cm³/mol. The van der Waals surface area contributed by atoms with Crippen LogP contribution in [0, 0.1) is 5.82 Å². The van der Waals surface area contributed by atoms with E-state index >= 15 is 0 Å². The molecule has 3 rings (SSSR count). The molecule has 1 aromatic carbocycles. The van der Waals surface area contributed by atoms with E-state index in [9.17, 15) is 14.0 Å². The van der Waals surface area contributed by atoms with E-state index in [2.05, 4.69) is 10.2 Å². The standard InChI is InChI=1S/C21H30FN3O2/c22-18-8-6-17(7-9-18)10-14-25-16-19(15-21(25)27)23-20(26)5-4-13-24-11-2-1-3-12-24/h6-9,19H,1-5,10-16H2,(H,23,26). The summed E-state index contributed by atoms with van der Waals surface area (Å²) in [5.74, 6) is -0.125. The molecule has 1 unspecified atom stereocenters. The smallest absolute Gasteiger partial charge is 0.224 e. The number of rotatable bonds is 8. The Morgan fingerprint density at radius 1 is 1.11 bits per heavy atom. The topological polar surface area (TPSA) is 52.7 Å². The van der Waals surface area contributed by atoms with Crippen molar-refractivity contribution in [2.75, 3.05) is 32.7 Å². The summed E-state index contributed by atoms with van der Waals surface area (Å²) in [6.45, 7) is 4.47. The van der Waals surface area contributed by atoms with Crippen molar-refractivity contribution in [3.8, 4) is 0 Å². The number of nitrogens with one attached hydrogen (secondary N) is 1. The van der Waals surface area contributed by atoms with E-state index in [4.69, 9.17) is 0 Å². The van der Waals surface area contributed by atoms with Crippen LogP contribution in [-0.4, -0.2) is 60.4 Å². The van der Waals surface area contributed by atoms with Crippen molar-refractivity contribution in [3.63, 3.8) is 0 Å². The largest absolute Gasteiger partial charge is 0.351 e. The molecule has 0 bridgehead atoms. The van der Waals surface area contributed by atoms with Gasteiger partial charge in [-0.1, -0.05) is 18.6 Å². The van der Waals surface area contributed by atoms with Gasteiger partial charge in [0.05, 0.1) is 6.04 Å². The zero-order valence-corrected chi connectivity index (χ0v) is 16.0. The van der Waals surface area contributed by atoms with Crippen molar-refractivity contribution < 1.29 is 14.0 Å². The highest BCUT2D eigenvalue weighted by molar-refractivity contribution is 5.82. The predicted octanol–water partition coefficient (Wildman–Crippen LogP) is 2.35. The highest BCUT2D eigenvalue weighted by Gasteiger charge is 2.30. The maximum absolute atomic E-state index is 12.9. The Kier molecular flexibility index (Phi) is 7.21. The SMILES string of the molecule is O=C(CCCN1CCCCC1)NC1CC(=O)N(CCc2ccc(F)cc2)C1. The van der Waals surface area contributed by atoms with Crippen LogP contribution in [-0.2, 0) is 16.0 Å². The molecule has 6 heteroatoms. The lowest BCUT2D eigenvalue weighted by Gasteiger charge is -2.26. The molecular formula is C21H30FN3O2. The molecule has 1 atom stereocenters. The summed E-state index contributed by atoms with van der Waals surface area (Å²) in [6, 6.07) is 6.28. The highest BCUT2D eigenvalue weighted by atomic mass is 19.1. The van der Waals surface area contributed by atoms with Crippen LogP contribution in [0.3, 0.4) is 0 Å². The molecule has 5 nitrogen and oxygen atoms in total. The Bertz CT molecular complexity index is 629. The van der Waals surface area contributed by atoms with Crippen LogP contribution >= 0.6 is 0 Å². The van der Waals surface area contributed by atoms with Crippen molar-refractivity contribution in [1.29, 1.82) is 0 Å². The minimum atomic E-state index is -0.251. The molecule has 0 aliphatic carbocycles. The summed E-state index contributed by atoms with van der Waals surface area (Å²) in [7, 11) is 0. The molecule has 2 saturated heterocycles. The summed E-state index contributed by atoms with van der Waals surface area (Å²) in [5.41, 5.74) is 1.01. The lowest BCUT2D eigenvalue weighted by molar-refractivity contribution is -0.127. The minimum absolute atomic E-state index is 0.0465. The average Bonchev–Trinajstić information content (AvgIpc) is 3.01. The first-order valence-corrected chi connectivity index (χ1v) is 10.1. The van der Waals surface area contributed by atoms with Gasteiger partial charge in [-0.3, -0.25) is 9.59 Å². The average molecular weight is 375 g/mol. The summed E-state index contributed by atoms with van der Waals surface area (Å²) in [5, 5.41) is 3.01. The molecule has 1 aromatic rings. The number of hydrogen-bond donors (Lipinski definition) is 1. The van der Waals surface area contributed by atoms with Crippen LogP contribution in [0.2, 0.25) is 0 Å². The van der Waals surface area contributed by atoms with Crippen LogP contribution < -0.4 is 5.32 Å². The Balaban J connectivity index is 1.34. The molecule has 2 aliphatic rings. The molecule has 2 fully saturated rings. The van der Waals surface area contributed by atoms with Crippen molar-refractivity contribution in [2.45, 2.75) is 51.0 Å². The van der Waals surface area contributed by atoms with Gasteiger partial charge in [0.15, 0.2) is 0 Å². The minimum Gasteiger partial charge on any atom is -0.351 e. The molecule has 148 valence electrons. The van der Waals surface area contributed by atoms with Gasteiger partial charge in [0.2, 0.25) is 11.8 Å². The third-order valence-corrected chi connectivity index (χ3v) is 5.49. The highest BCUT2D eigenvalue weighted by Crippen LogP contribution is 2.14. The molecule has 0 radical (unpaired) electrons. The van der Waals surface area contributed by atoms with E-state index in [0.717, 1.165) is 31.6 Å². The maximum atomic E-state index is 12.9. The lowest BCUT2D eigenvalue weighted by atomic mass is 10.1. The fourth-order valence-corrected chi connectivity index (χ4v) is 3.95. The van der Waals surface area contributed by atoms with E-state index in [1.54, 1.807) is 17.0 Å². The van der Waals surface area contributed by atoms with Gasteiger partial charge in [0.1, 0.15) is 5.82 Å². The maximum Gasteiger partial charge on any atom is 0.224 e. The van der Waals surface area contributed by atoms with Gasteiger partial charge in [-0.25, -0.2) is 4.39 Å². The monoisotopic (exact) mass is 375 g/mol. The van der Waals surface area contributed by atoms with Crippen molar-refractivity contribution in [2.24, 2.45) is 0 Å². The second-order valence-electron chi connectivity index (χ2n) is 7.69. The molecule has 1 N–H and O–H groups in total. The third kappa shape index (κ3) is 6.31. The van der Waals surface area contributed by atoms with Crippen molar-refractivity contribution >= 4 is 11.8 Å². The van der Waals surface area contributed by atoms with Gasteiger partial charge < -0.3 is 15.1 Å². The quantitative estimate of drug-likeness (QED) is 0.759. The number of carbonyl (C=O) groups is 2. The fraction of sp³-hybridized carbons (Fsp3) is 0.619. The van der Waals surface area contributed by atoms with E-state index in [1.807, 2.05) is 0 Å². The summed E-state index contributed by atoms with van der Waals surface area (Å²) >= 11 is 0. The number of nitrogens with zero attached hydrogens (tertiary/aromatic N) is 2. The van der Waals surface area contributed by atoms with E-state index in [1.165, 1.54) is 31.4 Å². The zero-order chi connectivity index (χ0) is 19.1. The Morgan fingerprint density at radius 3 is 2.59 bits per heavy atom. The number of carbonyl (C=O) groups excluding carboxylic acids is 2. The van der Waals surface area contributed by atoms with Gasteiger partial charge in [-0.05, 0) is 63.0 Å². The summed E-state index contributed by atoms with van der Waals surface area (Å²) in [4.78, 5) is 28.6. The Morgan fingerprint density at radius 2 is 1.85 bits per heavy atom. The van der Waals surface area contributed by atoms with Gasteiger partial charge >= 0.3 is 0 Å². The Hall–Kier alpha value is -1.95. The first-order chi connectivity index (χ1) is 13.1.